The number of nitrogens with zero attached hydrogens (tertiary/aromatic N) is 4. The van der Waals surface area contributed by atoms with Gasteiger partial charge in [0.15, 0.2) is 12.6 Å². The fraction of sp³-hybridized carbons (Fsp3) is 0.0500. The first-order valence-corrected chi connectivity index (χ1v) is 9.06. The molecule has 0 unspecified atom stereocenters. The van der Waals surface area contributed by atoms with Crippen molar-refractivity contribution in [1.82, 2.24) is 19.9 Å². The second-order valence-corrected chi connectivity index (χ2v) is 6.40. The minimum atomic E-state index is -4.74. The molecular formula is C20H12ClF3N4O4. The van der Waals surface area contributed by atoms with E-state index in [0.29, 0.717) is 34.7 Å². The van der Waals surface area contributed by atoms with Gasteiger partial charge in [0.25, 0.3) is 5.89 Å². The molecule has 164 valence electrons. The smallest absolute Gasteiger partial charge is 0.406 e. The van der Waals surface area contributed by atoms with Crippen LogP contribution in [0.2, 0.25) is 5.02 Å². The SMILES string of the molecule is O=Cc1cnn(-c2cccc(OC(F)(F)F)c2)c1.O=Cc1noc(-c2ccc(Cl)cc2)n1. The maximum absolute atomic E-state index is 12.0. The summed E-state index contributed by atoms with van der Waals surface area (Å²) < 4.78 is 46.0. The number of alkyl halides is 3. The van der Waals surface area contributed by atoms with Crippen LogP contribution >= 0.6 is 11.6 Å². The molecule has 0 N–H and O–H groups in total. The predicted octanol–water partition coefficient (Wildman–Crippen LogP) is 4.79. The van der Waals surface area contributed by atoms with Crippen LogP contribution in [0.1, 0.15) is 21.0 Å². The van der Waals surface area contributed by atoms with Crippen LogP contribution in [-0.2, 0) is 0 Å². The van der Waals surface area contributed by atoms with Gasteiger partial charge in [-0.25, -0.2) is 4.68 Å². The van der Waals surface area contributed by atoms with Crippen molar-refractivity contribution >= 4 is 24.2 Å². The van der Waals surface area contributed by atoms with E-state index in [9.17, 15) is 22.8 Å². The number of carbonyl (C=O) groups is 2. The highest BCUT2D eigenvalue weighted by Gasteiger charge is 2.31. The van der Waals surface area contributed by atoms with Crippen molar-refractivity contribution in [3.8, 4) is 22.9 Å². The molecule has 0 aliphatic carbocycles. The molecule has 0 amide bonds. The van der Waals surface area contributed by atoms with E-state index in [0.717, 1.165) is 5.56 Å². The molecule has 4 aromatic rings. The van der Waals surface area contributed by atoms with E-state index in [1.54, 1.807) is 30.3 Å². The van der Waals surface area contributed by atoms with Gasteiger partial charge in [0.05, 0.1) is 17.4 Å². The Hall–Kier alpha value is -3.99. The lowest BCUT2D eigenvalue weighted by atomic mass is 10.2. The maximum Gasteiger partial charge on any atom is 0.573 e. The number of hydrogen-bond acceptors (Lipinski definition) is 7. The monoisotopic (exact) mass is 464 g/mol. The quantitative estimate of drug-likeness (QED) is 0.391. The number of hydrogen-bond donors (Lipinski definition) is 0. The fourth-order valence-corrected chi connectivity index (χ4v) is 2.48. The minimum absolute atomic E-state index is 0.0370. The van der Waals surface area contributed by atoms with Gasteiger partial charge >= 0.3 is 6.36 Å². The Labute approximate surface area is 183 Å². The van der Waals surface area contributed by atoms with Crippen molar-refractivity contribution in [2.45, 2.75) is 6.36 Å². The van der Waals surface area contributed by atoms with E-state index in [1.807, 2.05) is 0 Å². The predicted molar refractivity (Wildman–Crippen MR) is 106 cm³/mol. The molecule has 2 heterocycles. The van der Waals surface area contributed by atoms with E-state index in [-0.39, 0.29) is 11.6 Å². The zero-order chi connectivity index (χ0) is 23.1. The molecule has 0 spiro atoms. The van der Waals surface area contributed by atoms with Crippen LogP contribution in [0, 0.1) is 0 Å². The topological polar surface area (TPSA) is 100 Å². The number of ether oxygens (including phenoxy) is 1. The molecule has 0 atom stereocenters. The average molecular weight is 465 g/mol. The van der Waals surface area contributed by atoms with Gasteiger partial charge in [-0.3, -0.25) is 9.59 Å². The summed E-state index contributed by atoms with van der Waals surface area (Å²) in [5, 5.41) is 7.92. The Bertz CT molecular complexity index is 1210. The highest BCUT2D eigenvalue weighted by atomic mass is 35.5. The lowest BCUT2D eigenvalue weighted by Gasteiger charge is -2.09. The van der Waals surface area contributed by atoms with Crippen molar-refractivity contribution in [2.24, 2.45) is 0 Å². The molecule has 32 heavy (non-hydrogen) atoms. The summed E-state index contributed by atoms with van der Waals surface area (Å²) in [4.78, 5) is 24.6. The van der Waals surface area contributed by atoms with Gasteiger partial charge in [0.1, 0.15) is 5.75 Å². The molecular weight excluding hydrogens is 453 g/mol. The van der Waals surface area contributed by atoms with E-state index in [4.69, 9.17) is 16.1 Å². The number of halogens is 4. The van der Waals surface area contributed by atoms with Crippen LogP contribution in [0.25, 0.3) is 17.1 Å². The third-order valence-corrected chi connectivity index (χ3v) is 3.94. The van der Waals surface area contributed by atoms with Gasteiger partial charge in [0.2, 0.25) is 5.82 Å². The molecule has 0 saturated carbocycles. The molecule has 0 radical (unpaired) electrons. The van der Waals surface area contributed by atoms with Gasteiger partial charge < -0.3 is 9.26 Å². The summed E-state index contributed by atoms with van der Waals surface area (Å²) in [5.41, 5.74) is 1.43. The van der Waals surface area contributed by atoms with Gasteiger partial charge in [-0.2, -0.15) is 10.1 Å². The van der Waals surface area contributed by atoms with Crippen molar-refractivity contribution in [1.29, 1.82) is 0 Å². The van der Waals surface area contributed by atoms with Crippen LogP contribution in [0.4, 0.5) is 13.2 Å². The van der Waals surface area contributed by atoms with Crippen molar-refractivity contribution in [2.75, 3.05) is 0 Å². The largest absolute Gasteiger partial charge is 0.573 e. The third-order valence-electron chi connectivity index (χ3n) is 3.69. The molecule has 8 nitrogen and oxygen atoms in total. The van der Waals surface area contributed by atoms with Crippen LogP contribution in [0.5, 0.6) is 5.75 Å². The lowest BCUT2D eigenvalue weighted by Crippen LogP contribution is -2.17. The zero-order valence-corrected chi connectivity index (χ0v) is 16.6. The van der Waals surface area contributed by atoms with Crippen molar-refractivity contribution in [3.63, 3.8) is 0 Å². The lowest BCUT2D eigenvalue weighted by molar-refractivity contribution is -0.274. The summed E-state index contributed by atoms with van der Waals surface area (Å²) in [6, 6.07) is 12.2. The van der Waals surface area contributed by atoms with Crippen molar-refractivity contribution < 1.29 is 32.0 Å². The van der Waals surface area contributed by atoms with Crippen LogP contribution in [0.15, 0.2) is 65.4 Å². The summed E-state index contributed by atoms with van der Waals surface area (Å²) in [6.45, 7) is 0. The summed E-state index contributed by atoms with van der Waals surface area (Å²) in [6.07, 6.45) is -0.900. The van der Waals surface area contributed by atoms with E-state index in [2.05, 4.69) is 20.0 Å². The summed E-state index contributed by atoms with van der Waals surface area (Å²) in [5.74, 6) is 0.00173. The molecule has 2 aromatic carbocycles. The van der Waals surface area contributed by atoms with Gasteiger partial charge in [-0.1, -0.05) is 22.8 Å². The van der Waals surface area contributed by atoms with E-state index in [1.165, 1.54) is 35.3 Å². The Balaban J connectivity index is 0.000000186. The number of aromatic nitrogens is 4. The normalized spacial score (nSPS) is 10.8. The Kier molecular flexibility index (Phi) is 7.00. The first-order valence-electron chi connectivity index (χ1n) is 8.68. The van der Waals surface area contributed by atoms with Gasteiger partial charge in [-0.05, 0) is 36.4 Å². The Morgan fingerprint density at radius 1 is 1.06 bits per heavy atom. The highest BCUT2D eigenvalue weighted by molar-refractivity contribution is 6.30. The number of aldehydes is 2. The summed E-state index contributed by atoms with van der Waals surface area (Å²) >= 11 is 5.71. The molecule has 4 rings (SSSR count). The van der Waals surface area contributed by atoms with Gasteiger partial charge in [0, 0.05) is 22.8 Å². The van der Waals surface area contributed by atoms with E-state index >= 15 is 0 Å². The standard InChI is InChI=1S/C11H7F3N2O2.C9H5ClN2O2/c12-11(13,14)18-10-3-1-2-9(4-10)16-6-8(7-17)5-15-16;10-7-3-1-6(2-4-7)9-11-8(5-13)12-14-9/h1-7H;1-5H. The molecule has 0 saturated heterocycles. The first-order chi connectivity index (χ1) is 15.3. The molecule has 0 aliphatic heterocycles. The molecule has 12 heteroatoms. The van der Waals surface area contributed by atoms with Crippen molar-refractivity contribution in [3.05, 3.63) is 77.3 Å². The molecule has 0 aliphatic rings. The van der Waals surface area contributed by atoms with E-state index < -0.39 is 6.36 Å². The Morgan fingerprint density at radius 3 is 2.41 bits per heavy atom. The third kappa shape index (κ3) is 6.25. The maximum atomic E-state index is 12.0. The fourth-order valence-electron chi connectivity index (χ4n) is 2.35. The number of rotatable bonds is 5. The molecule has 0 fully saturated rings. The van der Waals surface area contributed by atoms with Crippen LogP contribution < -0.4 is 4.74 Å². The first kappa shape index (κ1) is 22.7. The summed E-state index contributed by atoms with van der Waals surface area (Å²) in [7, 11) is 0. The van der Waals surface area contributed by atoms with Crippen LogP contribution in [-0.4, -0.2) is 38.9 Å². The average Bonchev–Trinajstić information content (AvgIpc) is 3.43. The Morgan fingerprint density at radius 2 is 1.81 bits per heavy atom. The number of carbonyl (C=O) groups excluding carboxylic acids is 2. The second-order valence-electron chi connectivity index (χ2n) is 5.96. The minimum Gasteiger partial charge on any atom is -0.406 e. The number of benzene rings is 2. The zero-order valence-electron chi connectivity index (χ0n) is 15.9. The van der Waals surface area contributed by atoms with Crippen LogP contribution in [0.3, 0.4) is 0 Å². The van der Waals surface area contributed by atoms with Gasteiger partial charge in [-0.15, -0.1) is 13.2 Å². The second kappa shape index (κ2) is 9.88. The molecule has 2 aromatic heterocycles. The molecule has 0 bridgehead atoms. The highest BCUT2D eigenvalue weighted by Crippen LogP contribution is 2.24.